The van der Waals surface area contributed by atoms with Crippen LogP contribution in [0.15, 0.2) is 332 Å². The van der Waals surface area contributed by atoms with E-state index >= 15 is 0 Å². The average Bonchev–Trinajstić information content (AvgIpc) is 1.59. The number of nitrogens with zero attached hydrogens (tertiary/aromatic N) is 2. The number of rotatable bonds is 10. The molecule has 19 rings (SSSR count). The standard InChI is InChI=1S/C46H35N.C39H38BNO2.C13H9Br/c1-46(2)44-15-9-8-14-42(44)43-27-25-39(30-45(43)46)47(37-21-16-32(17-22-37)31-10-4-3-5-11-31)38-23-18-33(19-24-38)34-20-26-41-36(28-34)29-35-12-6-7-13-40(35)41;1-37(2)35-15-11-10-14-33(35)34-25-24-32(26-36(34)37)41(30-20-16-28(17-21-30)27-12-8-7-9-13-27)31-22-18-29(19-23-31)40-42-38(3,4)39(5,6)43-40;14-11-5-6-13-10(8-11)7-9-3-1-2-4-12(9)13/h3-28,30H,29H2,1-2H3;7-26H,1-6H3;1-6,8H,7H2. The molecule has 0 saturated carbocycles. The maximum Gasteiger partial charge on any atom is 0.494 e. The van der Waals surface area contributed by atoms with E-state index in [0.717, 1.165) is 46.7 Å². The van der Waals surface area contributed by atoms with Gasteiger partial charge in [-0.25, -0.2) is 0 Å². The molecule has 0 aromatic heterocycles. The van der Waals surface area contributed by atoms with Gasteiger partial charge in [-0.2, -0.15) is 0 Å². The first kappa shape index (κ1) is 66.4. The van der Waals surface area contributed by atoms with Crippen molar-refractivity contribution < 1.29 is 9.31 Å². The van der Waals surface area contributed by atoms with Crippen LogP contribution in [0.4, 0.5) is 34.1 Å². The lowest BCUT2D eigenvalue weighted by Crippen LogP contribution is -2.41. The van der Waals surface area contributed by atoms with Crippen molar-refractivity contribution in [1.29, 1.82) is 0 Å². The molecule has 0 bridgehead atoms. The molecule has 0 radical (unpaired) electrons. The van der Waals surface area contributed by atoms with E-state index in [1.54, 1.807) is 0 Å². The molecule has 6 heteroatoms. The third-order valence-corrected chi connectivity index (χ3v) is 23.3. The molecule has 1 fully saturated rings. The molecule has 5 aliphatic rings. The fourth-order valence-electron chi connectivity index (χ4n) is 16.4. The van der Waals surface area contributed by atoms with E-state index in [4.69, 9.17) is 9.31 Å². The van der Waals surface area contributed by atoms with Gasteiger partial charge in [0.2, 0.25) is 0 Å². The van der Waals surface area contributed by atoms with Crippen LogP contribution >= 0.6 is 15.9 Å². The quantitative estimate of drug-likeness (QED) is 0.127. The van der Waals surface area contributed by atoms with Gasteiger partial charge in [-0.1, -0.05) is 286 Å². The van der Waals surface area contributed by atoms with Gasteiger partial charge >= 0.3 is 7.12 Å². The lowest BCUT2D eigenvalue weighted by Gasteiger charge is -2.32. The van der Waals surface area contributed by atoms with E-state index in [-0.39, 0.29) is 22.0 Å². The van der Waals surface area contributed by atoms with Crippen LogP contribution in [-0.4, -0.2) is 18.3 Å². The van der Waals surface area contributed by atoms with Gasteiger partial charge < -0.3 is 19.1 Å². The zero-order valence-electron chi connectivity index (χ0n) is 60.3. The summed E-state index contributed by atoms with van der Waals surface area (Å²) < 4.78 is 13.9. The summed E-state index contributed by atoms with van der Waals surface area (Å²) in [5.41, 5.74) is 36.3. The summed E-state index contributed by atoms with van der Waals surface area (Å²) >= 11 is 3.51. The zero-order valence-corrected chi connectivity index (χ0v) is 61.8. The summed E-state index contributed by atoms with van der Waals surface area (Å²) in [5, 5.41) is 0. The summed E-state index contributed by atoms with van der Waals surface area (Å²) in [5.74, 6) is 0. The summed E-state index contributed by atoms with van der Waals surface area (Å²) in [4.78, 5) is 4.75. The highest BCUT2D eigenvalue weighted by atomic mass is 79.9. The van der Waals surface area contributed by atoms with Crippen molar-refractivity contribution in [3.8, 4) is 77.9 Å². The van der Waals surface area contributed by atoms with E-state index in [1.165, 1.54) is 133 Å². The van der Waals surface area contributed by atoms with Crippen LogP contribution in [0.1, 0.15) is 99.9 Å². The molecule has 0 atom stereocenters. The maximum atomic E-state index is 6.34. The third-order valence-electron chi connectivity index (χ3n) is 22.8. The third kappa shape index (κ3) is 12.0. The Morgan fingerprint density at radius 1 is 0.260 bits per heavy atom. The van der Waals surface area contributed by atoms with E-state index in [9.17, 15) is 0 Å². The number of halogens is 1. The number of fused-ring (bicyclic) bond motifs is 12. The highest BCUT2D eigenvalue weighted by Crippen LogP contribution is 2.53. The Morgan fingerprint density at radius 2 is 0.567 bits per heavy atom. The summed E-state index contributed by atoms with van der Waals surface area (Å²) in [6.07, 6.45) is 2.08. The van der Waals surface area contributed by atoms with Gasteiger partial charge in [0, 0.05) is 49.4 Å². The van der Waals surface area contributed by atoms with Crippen LogP contribution in [0.25, 0.3) is 77.9 Å². The lowest BCUT2D eigenvalue weighted by atomic mass is 9.79. The van der Waals surface area contributed by atoms with Crippen LogP contribution in [0.3, 0.4) is 0 Å². The molecule has 0 N–H and O–H groups in total. The highest BCUT2D eigenvalue weighted by Gasteiger charge is 2.52. The summed E-state index contributed by atoms with van der Waals surface area (Å²) in [6.45, 7) is 17.7. The van der Waals surface area contributed by atoms with Crippen LogP contribution in [-0.2, 0) is 33.0 Å². The Labute approximate surface area is 622 Å². The van der Waals surface area contributed by atoms with Crippen molar-refractivity contribution in [2.24, 2.45) is 0 Å². The molecule has 506 valence electrons. The normalized spacial score (nSPS) is 14.9. The molecule has 104 heavy (non-hydrogen) atoms. The second-order valence-corrected chi connectivity index (χ2v) is 31.3. The van der Waals surface area contributed by atoms with E-state index in [2.05, 4.69) is 409 Å². The van der Waals surface area contributed by atoms with Gasteiger partial charge in [0.05, 0.1) is 11.2 Å². The second kappa shape index (κ2) is 26.4. The van der Waals surface area contributed by atoms with Crippen LogP contribution < -0.4 is 15.3 Å². The van der Waals surface area contributed by atoms with Crippen molar-refractivity contribution in [3.05, 3.63) is 377 Å². The Kier molecular flexibility index (Phi) is 16.9. The molecule has 1 heterocycles. The molecular formula is C98H82BBrN2O2. The number of hydrogen-bond donors (Lipinski definition) is 0. The molecule has 0 spiro atoms. The Hall–Kier alpha value is -10.9. The zero-order chi connectivity index (χ0) is 71.1. The predicted octanol–water partition coefficient (Wildman–Crippen LogP) is 25.8. The molecule has 4 nitrogen and oxygen atoms in total. The minimum absolute atomic E-state index is 0.0676. The summed E-state index contributed by atoms with van der Waals surface area (Å²) in [7, 11) is -0.392. The molecule has 0 amide bonds. The van der Waals surface area contributed by atoms with Crippen molar-refractivity contribution in [3.63, 3.8) is 0 Å². The van der Waals surface area contributed by atoms with Crippen molar-refractivity contribution >= 4 is 62.6 Å². The molecule has 14 aromatic rings. The van der Waals surface area contributed by atoms with Crippen LogP contribution in [0, 0.1) is 0 Å². The minimum Gasteiger partial charge on any atom is -0.399 e. The molecule has 1 aliphatic heterocycles. The van der Waals surface area contributed by atoms with Crippen molar-refractivity contribution in [2.75, 3.05) is 9.80 Å². The van der Waals surface area contributed by atoms with Gasteiger partial charge in [-0.05, 0) is 253 Å². The largest absolute Gasteiger partial charge is 0.494 e. The van der Waals surface area contributed by atoms with Gasteiger partial charge in [-0.3, -0.25) is 0 Å². The number of hydrogen-bond acceptors (Lipinski definition) is 4. The first-order chi connectivity index (χ1) is 50.4. The molecule has 4 aliphatic carbocycles. The molecular weight excluding hydrogens is 1330 g/mol. The Bertz CT molecular complexity index is 5550. The Balaban J connectivity index is 0.000000130. The highest BCUT2D eigenvalue weighted by molar-refractivity contribution is 9.10. The number of benzene rings is 14. The topological polar surface area (TPSA) is 24.9 Å². The molecule has 14 aromatic carbocycles. The van der Waals surface area contributed by atoms with Crippen molar-refractivity contribution in [2.45, 2.75) is 90.3 Å². The minimum atomic E-state index is -0.392. The second-order valence-electron chi connectivity index (χ2n) is 30.4. The molecule has 0 unspecified atom stereocenters. The Morgan fingerprint density at radius 3 is 1.01 bits per heavy atom. The van der Waals surface area contributed by atoms with E-state index in [0.29, 0.717) is 0 Å². The molecule has 1 saturated heterocycles. The predicted molar refractivity (Wildman–Crippen MR) is 440 cm³/mol. The van der Waals surface area contributed by atoms with Gasteiger partial charge in [0.15, 0.2) is 0 Å². The first-order valence-corrected chi connectivity index (χ1v) is 37.3. The fourth-order valence-corrected chi connectivity index (χ4v) is 16.8. The van der Waals surface area contributed by atoms with Crippen molar-refractivity contribution in [1.82, 2.24) is 0 Å². The first-order valence-electron chi connectivity index (χ1n) is 36.5. The lowest BCUT2D eigenvalue weighted by molar-refractivity contribution is 0.00578. The smallest absolute Gasteiger partial charge is 0.399 e. The van der Waals surface area contributed by atoms with Crippen LogP contribution in [0.5, 0.6) is 0 Å². The summed E-state index contributed by atoms with van der Waals surface area (Å²) in [6, 6.07) is 119. The van der Waals surface area contributed by atoms with Gasteiger partial charge in [-0.15, -0.1) is 0 Å². The van der Waals surface area contributed by atoms with Gasteiger partial charge in [0.25, 0.3) is 0 Å². The van der Waals surface area contributed by atoms with Gasteiger partial charge in [0.1, 0.15) is 0 Å². The average molecular weight is 1410 g/mol. The van der Waals surface area contributed by atoms with Crippen LogP contribution in [0.2, 0.25) is 0 Å². The fraction of sp³-hybridized carbons (Fsp3) is 0.143. The SMILES string of the molecule is Brc1ccc2c(c1)Cc1ccccc1-2.CC1(C)c2ccccc2-c2ccc(N(c3ccc(-c4ccccc4)cc3)c3ccc(-c4ccc5c(c4)Cc4ccccc4-5)cc3)cc21.CC1(C)c2ccccc2-c2ccc(N(c3ccc(B4OC(C)(C)C(C)(C)O4)cc3)c3ccc(-c4ccccc4)cc3)cc21. The monoisotopic (exact) mass is 1410 g/mol. The van der Waals surface area contributed by atoms with E-state index in [1.807, 2.05) is 0 Å². The number of anilines is 6. The van der Waals surface area contributed by atoms with E-state index < -0.39 is 7.12 Å². The maximum absolute atomic E-state index is 6.34.